The molecule has 4 aromatic carbocycles. The van der Waals surface area contributed by atoms with Crippen LogP contribution < -0.4 is 0 Å². The molecule has 1 nitrogen and oxygen atoms in total. The minimum Gasteiger partial charge on any atom is -0.289 e. The zero-order valence-corrected chi connectivity index (χ0v) is 15.6. The topological polar surface area (TPSA) is 17.1 Å². The van der Waals surface area contributed by atoms with Gasteiger partial charge in [-0.05, 0) is 45.9 Å². The van der Waals surface area contributed by atoms with Crippen molar-refractivity contribution in [2.75, 3.05) is 0 Å². The molecule has 0 saturated heterocycles. The minimum atomic E-state index is -0.445. The van der Waals surface area contributed by atoms with Crippen molar-refractivity contribution in [1.82, 2.24) is 0 Å². The normalized spacial score (nSPS) is 15.0. The van der Waals surface area contributed by atoms with Crippen LogP contribution >= 0.6 is 0 Å². The SMILES string of the molecule is Cc1cccc2c1-c1ccccc1C21c2ccccc2C(=O)c2ccccc21. The minimum absolute atomic E-state index is 0.121. The number of aryl methyl sites for hydroxylation is 1. The highest BCUT2D eigenvalue weighted by Crippen LogP contribution is 2.59. The molecule has 4 aromatic rings. The van der Waals surface area contributed by atoms with Crippen LogP contribution in [0.5, 0.6) is 0 Å². The second-order valence-corrected chi connectivity index (χ2v) is 7.71. The zero-order chi connectivity index (χ0) is 18.9. The van der Waals surface area contributed by atoms with Crippen LogP contribution in [0.4, 0.5) is 0 Å². The molecule has 6 rings (SSSR count). The largest absolute Gasteiger partial charge is 0.289 e. The van der Waals surface area contributed by atoms with Crippen molar-refractivity contribution in [3.05, 3.63) is 130 Å². The second-order valence-electron chi connectivity index (χ2n) is 7.71. The Bertz CT molecular complexity index is 1250. The smallest absolute Gasteiger partial charge is 0.193 e. The Hall–Kier alpha value is -3.45. The number of carbonyl (C=O) groups excluding carboxylic acids is 1. The van der Waals surface area contributed by atoms with Gasteiger partial charge in [-0.25, -0.2) is 0 Å². The Morgan fingerprint density at radius 1 is 0.536 bits per heavy atom. The van der Waals surface area contributed by atoms with Crippen molar-refractivity contribution in [2.24, 2.45) is 0 Å². The molecule has 0 saturated carbocycles. The van der Waals surface area contributed by atoms with E-state index in [2.05, 4.69) is 73.7 Å². The number of fused-ring (bicyclic) bond motifs is 9. The Morgan fingerprint density at radius 2 is 1.00 bits per heavy atom. The third-order valence-corrected chi connectivity index (χ3v) is 6.43. The van der Waals surface area contributed by atoms with E-state index >= 15 is 0 Å². The summed E-state index contributed by atoms with van der Waals surface area (Å²) in [4.78, 5) is 13.3. The Labute approximate surface area is 164 Å². The van der Waals surface area contributed by atoms with Gasteiger partial charge in [0.25, 0.3) is 0 Å². The highest BCUT2D eigenvalue weighted by atomic mass is 16.1. The third kappa shape index (κ3) is 1.65. The van der Waals surface area contributed by atoms with E-state index in [0.29, 0.717) is 0 Å². The van der Waals surface area contributed by atoms with E-state index in [1.54, 1.807) is 0 Å². The molecule has 0 N–H and O–H groups in total. The highest BCUT2D eigenvalue weighted by Gasteiger charge is 2.51. The Balaban J connectivity index is 1.90. The summed E-state index contributed by atoms with van der Waals surface area (Å²) in [7, 11) is 0. The number of benzene rings is 4. The molecule has 0 heterocycles. The standard InChI is InChI=1S/C27H18O/c1-17-9-8-16-24-25(17)18-10-2-5-13-21(18)27(24)22-14-6-3-11-19(22)26(28)20-12-4-7-15-23(20)27/h2-16H,1H3. The maximum Gasteiger partial charge on any atom is 0.193 e. The summed E-state index contributed by atoms with van der Waals surface area (Å²) in [6.07, 6.45) is 0. The molecule has 0 bridgehead atoms. The maximum absolute atomic E-state index is 13.3. The van der Waals surface area contributed by atoms with Crippen LogP contribution in [0.3, 0.4) is 0 Å². The van der Waals surface area contributed by atoms with Gasteiger partial charge in [0.05, 0.1) is 5.41 Å². The summed E-state index contributed by atoms with van der Waals surface area (Å²) in [5, 5.41) is 0. The molecule has 0 fully saturated rings. The first kappa shape index (κ1) is 15.6. The van der Waals surface area contributed by atoms with E-state index in [1.807, 2.05) is 24.3 Å². The van der Waals surface area contributed by atoms with Gasteiger partial charge in [0.2, 0.25) is 0 Å². The van der Waals surface area contributed by atoms with E-state index in [-0.39, 0.29) is 5.78 Å². The van der Waals surface area contributed by atoms with Crippen LogP contribution in [0.2, 0.25) is 0 Å². The van der Waals surface area contributed by atoms with Gasteiger partial charge in [-0.1, -0.05) is 91.0 Å². The molecule has 1 spiro atoms. The molecule has 0 atom stereocenters. The van der Waals surface area contributed by atoms with E-state index in [1.165, 1.54) is 27.8 Å². The Morgan fingerprint density at radius 3 is 1.61 bits per heavy atom. The second kappa shape index (κ2) is 5.30. The first-order valence-electron chi connectivity index (χ1n) is 9.68. The average molecular weight is 358 g/mol. The molecular formula is C27H18O. The number of hydrogen-bond donors (Lipinski definition) is 0. The van der Waals surface area contributed by atoms with Gasteiger partial charge >= 0.3 is 0 Å². The number of ketones is 1. The average Bonchev–Trinajstić information content (AvgIpc) is 3.05. The van der Waals surface area contributed by atoms with Gasteiger partial charge in [-0.3, -0.25) is 4.79 Å². The van der Waals surface area contributed by atoms with E-state index < -0.39 is 5.41 Å². The number of carbonyl (C=O) groups is 1. The molecule has 2 aliphatic rings. The summed E-state index contributed by atoms with van der Waals surface area (Å²) < 4.78 is 0. The van der Waals surface area contributed by atoms with Crippen molar-refractivity contribution >= 4 is 5.78 Å². The lowest BCUT2D eigenvalue weighted by Crippen LogP contribution is -2.36. The molecule has 2 aliphatic carbocycles. The predicted molar refractivity (Wildman–Crippen MR) is 112 cm³/mol. The number of hydrogen-bond acceptors (Lipinski definition) is 1. The fraction of sp³-hybridized carbons (Fsp3) is 0.0741. The van der Waals surface area contributed by atoms with Gasteiger partial charge in [-0.15, -0.1) is 0 Å². The lowest BCUT2D eigenvalue weighted by molar-refractivity contribution is 0.103. The number of rotatable bonds is 0. The third-order valence-electron chi connectivity index (χ3n) is 6.43. The molecule has 0 aliphatic heterocycles. The summed E-state index contributed by atoms with van der Waals surface area (Å²) in [6, 6.07) is 31.5. The van der Waals surface area contributed by atoms with E-state index in [0.717, 1.165) is 22.3 Å². The van der Waals surface area contributed by atoms with E-state index in [9.17, 15) is 4.79 Å². The molecule has 0 aromatic heterocycles. The highest BCUT2D eigenvalue weighted by molar-refractivity contribution is 6.14. The fourth-order valence-corrected chi connectivity index (χ4v) is 5.40. The molecule has 132 valence electrons. The first-order valence-corrected chi connectivity index (χ1v) is 9.68. The van der Waals surface area contributed by atoms with Gasteiger partial charge in [0.1, 0.15) is 0 Å². The van der Waals surface area contributed by atoms with Crippen LogP contribution in [-0.2, 0) is 5.41 Å². The summed E-state index contributed by atoms with van der Waals surface area (Å²) in [5.41, 5.74) is 9.76. The molecule has 28 heavy (non-hydrogen) atoms. The van der Waals surface area contributed by atoms with Crippen LogP contribution in [0.25, 0.3) is 11.1 Å². The van der Waals surface area contributed by atoms with Crippen molar-refractivity contribution < 1.29 is 4.79 Å². The van der Waals surface area contributed by atoms with Crippen molar-refractivity contribution in [3.63, 3.8) is 0 Å². The molecule has 1 heteroatoms. The fourth-order valence-electron chi connectivity index (χ4n) is 5.40. The van der Waals surface area contributed by atoms with Gasteiger partial charge in [0, 0.05) is 11.1 Å². The lowest BCUT2D eigenvalue weighted by atomic mass is 9.61. The zero-order valence-electron chi connectivity index (χ0n) is 15.6. The van der Waals surface area contributed by atoms with Gasteiger partial charge in [0.15, 0.2) is 5.78 Å². The van der Waals surface area contributed by atoms with Gasteiger partial charge < -0.3 is 0 Å². The van der Waals surface area contributed by atoms with Crippen LogP contribution in [0.15, 0.2) is 91.0 Å². The monoisotopic (exact) mass is 358 g/mol. The molecular weight excluding hydrogens is 340 g/mol. The van der Waals surface area contributed by atoms with Crippen LogP contribution in [0, 0.1) is 6.92 Å². The summed E-state index contributed by atoms with van der Waals surface area (Å²) >= 11 is 0. The molecule has 0 unspecified atom stereocenters. The quantitative estimate of drug-likeness (QED) is 0.330. The molecule has 0 amide bonds. The lowest BCUT2D eigenvalue weighted by Gasteiger charge is -2.39. The van der Waals surface area contributed by atoms with Crippen molar-refractivity contribution in [2.45, 2.75) is 12.3 Å². The maximum atomic E-state index is 13.3. The van der Waals surface area contributed by atoms with Crippen LogP contribution in [0.1, 0.15) is 43.7 Å². The molecule has 0 radical (unpaired) electrons. The van der Waals surface area contributed by atoms with Crippen LogP contribution in [-0.4, -0.2) is 5.78 Å². The van der Waals surface area contributed by atoms with Crippen molar-refractivity contribution in [3.8, 4) is 11.1 Å². The first-order chi connectivity index (χ1) is 13.7. The van der Waals surface area contributed by atoms with Crippen molar-refractivity contribution in [1.29, 1.82) is 0 Å². The van der Waals surface area contributed by atoms with E-state index in [4.69, 9.17) is 0 Å². The predicted octanol–water partition coefficient (Wildman–Crippen LogP) is 5.90. The summed E-state index contributed by atoms with van der Waals surface area (Å²) in [5.74, 6) is 0.121. The van der Waals surface area contributed by atoms with Gasteiger partial charge in [-0.2, -0.15) is 0 Å². The Kier molecular flexibility index (Phi) is 2.95. The summed E-state index contributed by atoms with van der Waals surface area (Å²) in [6.45, 7) is 2.18.